The summed E-state index contributed by atoms with van der Waals surface area (Å²) in [6.07, 6.45) is 2.76. The van der Waals surface area contributed by atoms with Crippen molar-refractivity contribution in [1.82, 2.24) is 14.5 Å². The van der Waals surface area contributed by atoms with Crippen molar-refractivity contribution in [2.24, 2.45) is 13.0 Å². The van der Waals surface area contributed by atoms with Gasteiger partial charge in [0.25, 0.3) is 0 Å². The molecule has 22 heavy (non-hydrogen) atoms. The first kappa shape index (κ1) is 14.8. The molecule has 1 aromatic carbocycles. The minimum atomic E-state index is -0.193. The van der Waals surface area contributed by atoms with Crippen molar-refractivity contribution in [2.45, 2.75) is 31.8 Å². The summed E-state index contributed by atoms with van der Waals surface area (Å²) in [5.74, 6) is 0.296. The van der Waals surface area contributed by atoms with Crippen LogP contribution in [0.25, 0.3) is 11.0 Å². The highest BCUT2D eigenvalue weighted by molar-refractivity contribution is 5.81. The van der Waals surface area contributed by atoms with Gasteiger partial charge in [0.05, 0.1) is 11.0 Å². The van der Waals surface area contributed by atoms with Crippen molar-refractivity contribution < 1.29 is 9.90 Å². The van der Waals surface area contributed by atoms with E-state index in [1.165, 1.54) is 4.57 Å². The molecule has 1 saturated carbocycles. The number of para-hydroxylation sites is 2. The summed E-state index contributed by atoms with van der Waals surface area (Å²) in [6.45, 7) is 0.0739. The van der Waals surface area contributed by atoms with Crippen LogP contribution >= 0.6 is 0 Å². The molecule has 1 unspecified atom stereocenters. The number of rotatable bonds is 6. The van der Waals surface area contributed by atoms with Crippen LogP contribution < -0.4 is 11.0 Å². The van der Waals surface area contributed by atoms with Gasteiger partial charge in [-0.2, -0.15) is 0 Å². The lowest BCUT2D eigenvalue weighted by atomic mass is 10.1. The van der Waals surface area contributed by atoms with Crippen LogP contribution in [0.15, 0.2) is 29.1 Å². The van der Waals surface area contributed by atoms with Crippen LogP contribution in [0, 0.1) is 5.92 Å². The lowest BCUT2D eigenvalue weighted by Gasteiger charge is -2.17. The van der Waals surface area contributed by atoms with Gasteiger partial charge in [-0.25, -0.2) is 4.79 Å². The third kappa shape index (κ3) is 2.78. The number of fused-ring (bicyclic) bond motifs is 1. The minimum Gasteiger partial charge on any atom is -0.396 e. The molecule has 1 aliphatic rings. The number of benzene rings is 1. The van der Waals surface area contributed by atoms with E-state index in [4.69, 9.17) is 5.11 Å². The summed E-state index contributed by atoms with van der Waals surface area (Å²) in [6, 6.07) is 7.45. The molecule has 0 aliphatic heterocycles. The maximum absolute atomic E-state index is 12.3. The van der Waals surface area contributed by atoms with E-state index in [2.05, 4.69) is 5.32 Å². The first-order valence-corrected chi connectivity index (χ1v) is 7.66. The average molecular weight is 303 g/mol. The molecular formula is C16H21N3O3. The number of nitrogens with zero attached hydrogens (tertiary/aromatic N) is 2. The lowest BCUT2D eigenvalue weighted by molar-refractivity contribution is -0.122. The second-order valence-corrected chi connectivity index (χ2v) is 5.94. The summed E-state index contributed by atoms with van der Waals surface area (Å²) in [5, 5.41) is 12.1. The molecule has 118 valence electrons. The summed E-state index contributed by atoms with van der Waals surface area (Å²) in [7, 11) is 1.71. The molecule has 0 spiro atoms. The first-order chi connectivity index (χ1) is 10.6. The number of carbonyl (C=O) groups is 1. The average Bonchev–Trinajstić information content (AvgIpc) is 3.32. The SMILES string of the molecule is Cn1c(=O)n(CC(=O)NC(CCO)C2CC2)c2ccccc21. The Hall–Kier alpha value is -2.08. The van der Waals surface area contributed by atoms with Crippen LogP contribution in [0.1, 0.15) is 19.3 Å². The second kappa shape index (κ2) is 5.96. The number of nitrogens with one attached hydrogen (secondary N) is 1. The number of hydrogen-bond donors (Lipinski definition) is 2. The Morgan fingerprint density at radius 1 is 1.36 bits per heavy atom. The fourth-order valence-corrected chi connectivity index (χ4v) is 2.98. The number of amides is 1. The monoisotopic (exact) mass is 303 g/mol. The van der Waals surface area contributed by atoms with Crippen molar-refractivity contribution in [3.8, 4) is 0 Å². The van der Waals surface area contributed by atoms with Gasteiger partial charge in [-0.15, -0.1) is 0 Å². The predicted molar refractivity (Wildman–Crippen MR) is 83.5 cm³/mol. The Bertz CT molecular complexity index is 743. The molecule has 0 radical (unpaired) electrons. The number of carbonyl (C=O) groups excluding carboxylic acids is 1. The van der Waals surface area contributed by atoms with Gasteiger partial charge in [-0.3, -0.25) is 13.9 Å². The smallest absolute Gasteiger partial charge is 0.329 e. The highest BCUT2D eigenvalue weighted by Gasteiger charge is 2.31. The molecule has 0 bridgehead atoms. The standard InChI is InChI=1S/C16H21N3O3/c1-18-13-4-2-3-5-14(13)19(16(18)22)10-15(21)17-12(8-9-20)11-6-7-11/h2-5,11-12,20H,6-10H2,1H3,(H,17,21). The summed E-state index contributed by atoms with van der Waals surface area (Å²) < 4.78 is 3.04. The van der Waals surface area contributed by atoms with Gasteiger partial charge in [0, 0.05) is 19.7 Å². The zero-order valence-corrected chi connectivity index (χ0v) is 12.7. The molecular weight excluding hydrogens is 282 g/mol. The number of aliphatic hydroxyl groups excluding tert-OH is 1. The van der Waals surface area contributed by atoms with Gasteiger partial charge in [0.15, 0.2) is 0 Å². The fraction of sp³-hybridized carbons (Fsp3) is 0.500. The van der Waals surface area contributed by atoms with Crippen LogP contribution in [0.4, 0.5) is 0 Å². The van der Waals surface area contributed by atoms with E-state index in [1.807, 2.05) is 24.3 Å². The predicted octanol–water partition coefficient (Wildman–Crippen LogP) is 0.617. The zero-order chi connectivity index (χ0) is 15.7. The lowest BCUT2D eigenvalue weighted by Crippen LogP contribution is -2.40. The quantitative estimate of drug-likeness (QED) is 0.821. The molecule has 1 aliphatic carbocycles. The molecule has 1 heterocycles. The number of aromatic nitrogens is 2. The summed E-state index contributed by atoms with van der Waals surface area (Å²) >= 11 is 0. The molecule has 6 nitrogen and oxygen atoms in total. The van der Waals surface area contributed by atoms with E-state index in [0.29, 0.717) is 12.3 Å². The molecule has 1 aromatic heterocycles. The maximum atomic E-state index is 12.3. The number of hydrogen-bond acceptors (Lipinski definition) is 3. The van der Waals surface area contributed by atoms with Crippen molar-refractivity contribution in [1.29, 1.82) is 0 Å². The van der Waals surface area contributed by atoms with Crippen LogP contribution in [0.2, 0.25) is 0 Å². The van der Waals surface area contributed by atoms with E-state index in [9.17, 15) is 9.59 Å². The van der Waals surface area contributed by atoms with E-state index in [-0.39, 0.29) is 30.8 Å². The molecule has 1 atom stereocenters. The van der Waals surface area contributed by atoms with Gasteiger partial charge in [0.2, 0.25) is 5.91 Å². The first-order valence-electron chi connectivity index (χ1n) is 7.66. The Labute approximate surface area is 128 Å². The van der Waals surface area contributed by atoms with Gasteiger partial charge in [-0.05, 0) is 37.3 Å². The van der Waals surface area contributed by atoms with Gasteiger partial charge in [-0.1, -0.05) is 12.1 Å². The Morgan fingerprint density at radius 2 is 2.05 bits per heavy atom. The maximum Gasteiger partial charge on any atom is 0.329 e. The number of aryl methyl sites for hydroxylation is 1. The molecule has 1 fully saturated rings. The summed E-state index contributed by atoms with van der Waals surface area (Å²) in [4.78, 5) is 24.6. The van der Waals surface area contributed by atoms with Crippen LogP contribution in [-0.2, 0) is 18.4 Å². The molecule has 6 heteroatoms. The van der Waals surface area contributed by atoms with E-state index < -0.39 is 0 Å². The molecule has 2 aromatic rings. The number of imidazole rings is 1. The molecule has 3 rings (SSSR count). The van der Waals surface area contributed by atoms with E-state index in [0.717, 1.165) is 23.9 Å². The third-order valence-electron chi connectivity index (χ3n) is 4.33. The molecule has 0 saturated heterocycles. The fourth-order valence-electron chi connectivity index (χ4n) is 2.98. The zero-order valence-electron chi connectivity index (χ0n) is 12.7. The Kier molecular flexibility index (Phi) is 4.02. The highest BCUT2D eigenvalue weighted by atomic mass is 16.3. The van der Waals surface area contributed by atoms with Crippen LogP contribution in [-0.4, -0.2) is 32.8 Å². The minimum absolute atomic E-state index is 0.00877. The molecule has 1 amide bonds. The van der Waals surface area contributed by atoms with Crippen molar-refractivity contribution >= 4 is 16.9 Å². The Morgan fingerprint density at radius 3 is 2.68 bits per heavy atom. The van der Waals surface area contributed by atoms with Crippen molar-refractivity contribution in [3.05, 3.63) is 34.7 Å². The topological polar surface area (TPSA) is 76.3 Å². The second-order valence-electron chi connectivity index (χ2n) is 5.94. The van der Waals surface area contributed by atoms with Gasteiger partial charge < -0.3 is 10.4 Å². The normalized spacial score (nSPS) is 15.9. The van der Waals surface area contributed by atoms with E-state index >= 15 is 0 Å². The van der Waals surface area contributed by atoms with Gasteiger partial charge >= 0.3 is 5.69 Å². The van der Waals surface area contributed by atoms with Crippen molar-refractivity contribution in [3.63, 3.8) is 0 Å². The highest BCUT2D eigenvalue weighted by Crippen LogP contribution is 2.33. The van der Waals surface area contributed by atoms with Crippen LogP contribution in [0.3, 0.4) is 0 Å². The largest absolute Gasteiger partial charge is 0.396 e. The van der Waals surface area contributed by atoms with Crippen molar-refractivity contribution in [2.75, 3.05) is 6.61 Å². The van der Waals surface area contributed by atoms with E-state index in [1.54, 1.807) is 11.6 Å². The van der Waals surface area contributed by atoms with Crippen LogP contribution in [0.5, 0.6) is 0 Å². The summed E-state index contributed by atoms with van der Waals surface area (Å²) in [5.41, 5.74) is 1.38. The molecule has 2 N–H and O–H groups in total. The number of aliphatic hydroxyl groups is 1. The Balaban J connectivity index is 1.79. The third-order valence-corrected chi connectivity index (χ3v) is 4.33. The van der Waals surface area contributed by atoms with Gasteiger partial charge in [0.1, 0.15) is 6.54 Å².